The van der Waals surface area contributed by atoms with Crippen molar-refractivity contribution in [3.05, 3.63) is 78.8 Å². The maximum atomic E-state index is 11.8. The van der Waals surface area contributed by atoms with Crippen LogP contribution in [0.25, 0.3) is 32.9 Å². The van der Waals surface area contributed by atoms with Crippen molar-refractivity contribution >= 4 is 39.3 Å². The highest BCUT2D eigenvalue weighted by Gasteiger charge is 2.17. The van der Waals surface area contributed by atoms with Gasteiger partial charge in [0.2, 0.25) is 0 Å². The van der Waals surface area contributed by atoms with Gasteiger partial charge in [-0.15, -0.1) is 0 Å². The number of rotatable bonds is 5. The summed E-state index contributed by atoms with van der Waals surface area (Å²) in [7, 11) is 1.56. The van der Waals surface area contributed by atoms with Gasteiger partial charge in [-0.25, -0.2) is 14.8 Å². The predicted octanol–water partition coefficient (Wildman–Crippen LogP) is 5.23. The van der Waals surface area contributed by atoms with Gasteiger partial charge >= 0.3 is 5.97 Å². The van der Waals surface area contributed by atoms with Crippen LogP contribution in [0.4, 0.5) is 11.5 Å². The third-order valence-electron chi connectivity index (χ3n) is 5.22. The molecule has 5 aromatic rings. The van der Waals surface area contributed by atoms with Crippen LogP contribution in [-0.2, 0) is 0 Å². The lowest BCUT2D eigenvalue weighted by molar-refractivity contribution is 0.0697. The summed E-state index contributed by atoms with van der Waals surface area (Å²) in [5, 5.41) is 14.8. The summed E-state index contributed by atoms with van der Waals surface area (Å²) < 4.78 is 5.56. The Morgan fingerprint density at radius 2 is 1.90 bits per heavy atom. The van der Waals surface area contributed by atoms with E-state index in [0.717, 1.165) is 22.0 Å². The van der Waals surface area contributed by atoms with Crippen molar-refractivity contribution in [2.75, 3.05) is 12.4 Å². The summed E-state index contributed by atoms with van der Waals surface area (Å²) >= 11 is 0. The minimum Gasteiger partial charge on any atom is -0.496 e. The zero-order valence-corrected chi connectivity index (χ0v) is 16.6. The van der Waals surface area contributed by atoms with Crippen LogP contribution in [0.5, 0.6) is 5.75 Å². The van der Waals surface area contributed by atoms with Crippen molar-refractivity contribution in [3.8, 4) is 16.9 Å². The number of anilines is 2. The molecule has 2 aromatic heterocycles. The number of carbonyl (C=O) groups is 1. The molecule has 7 nitrogen and oxygen atoms in total. The van der Waals surface area contributed by atoms with E-state index in [1.165, 1.54) is 6.33 Å². The first-order valence-electron chi connectivity index (χ1n) is 9.63. The number of aromatic amines is 1. The number of aromatic carboxylic acids is 1. The summed E-state index contributed by atoms with van der Waals surface area (Å²) in [5.41, 5.74) is 4.05. The first-order valence-corrected chi connectivity index (χ1v) is 9.63. The Kier molecular flexibility index (Phi) is 4.48. The summed E-state index contributed by atoms with van der Waals surface area (Å²) in [5.74, 6) is 0.163. The van der Waals surface area contributed by atoms with E-state index >= 15 is 0 Å². The van der Waals surface area contributed by atoms with E-state index in [1.54, 1.807) is 37.4 Å². The fourth-order valence-corrected chi connectivity index (χ4v) is 3.74. The Bertz CT molecular complexity index is 1440. The lowest BCUT2D eigenvalue weighted by atomic mass is 9.97. The minimum absolute atomic E-state index is 0.199. The molecular formula is C24H18N4O3. The van der Waals surface area contributed by atoms with Crippen LogP contribution in [0.15, 0.2) is 73.2 Å². The van der Waals surface area contributed by atoms with E-state index in [2.05, 4.69) is 20.3 Å². The van der Waals surface area contributed by atoms with E-state index in [9.17, 15) is 9.90 Å². The molecule has 0 aliphatic carbocycles. The zero-order chi connectivity index (χ0) is 21.4. The molecule has 0 saturated heterocycles. The number of carboxylic acids is 1. The van der Waals surface area contributed by atoms with Gasteiger partial charge in [0.25, 0.3) is 0 Å². The predicted molar refractivity (Wildman–Crippen MR) is 120 cm³/mol. The molecule has 3 aromatic carbocycles. The van der Waals surface area contributed by atoms with Crippen LogP contribution in [-0.4, -0.2) is 33.1 Å². The molecule has 0 saturated carbocycles. The Morgan fingerprint density at radius 3 is 2.74 bits per heavy atom. The molecule has 5 rings (SSSR count). The first-order chi connectivity index (χ1) is 15.1. The van der Waals surface area contributed by atoms with Gasteiger partial charge in [-0.1, -0.05) is 18.2 Å². The molecule has 0 fully saturated rings. The molecule has 0 unspecified atom stereocenters. The van der Waals surface area contributed by atoms with Gasteiger partial charge in [0.15, 0.2) is 0 Å². The van der Waals surface area contributed by atoms with Crippen LogP contribution in [0.1, 0.15) is 10.4 Å². The molecule has 0 spiro atoms. The maximum absolute atomic E-state index is 11.8. The van der Waals surface area contributed by atoms with E-state index < -0.39 is 5.97 Å². The Balaban J connectivity index is 1.67. The van der Waals surface area contributed by atoms with E-state index in [4.69, 9.17) is 4.74 Å². The maximum Gasteiger partial charge on any atom is 0.336 e. The molecule has 7 heteroatoms. The Morgan fingerprint density at radius 1 is 1.03 bits per heavy atom. The molecule has 0 atom stereocenters. The molecule has 0 aliphatic rings. The van der Waals surface area contributed by atoms with Crippen LogP contribution in [0.3, 0.4) is 0 Å². The standard InChI is InChI=1S/C24H18N4O3/c1-31-22-12-21-19(11-18(22)16-4-2-3-5-17(16)24(29)30)23(27-13-26-21)28-15-6-7-20-14(10-15)8-9-25-20/h2-13,25H,1H3,(H,29,30)(H,26,27,28). The number of methoxy groups -OCH3 is 1. The average Bonchev–Trinajstić information content (AvgIpc) is 3.26. The first kappa shape index (κ1) is 18.6. The van der Waals surface area contributed by atoms with Crippen molar-refractivity contribution in [1.29, 1.82) is 0 Å². The molecule has 31 heavy (non-hydrogen) atoms. The molecule has 0 radical (unpaired) electrons. The van der Waals surface area contributed by atoms with Crippen molar-refractivity contribution in [3.63, 3.8) is 0 Å². The Hall–Kier alpha value is -4.39. The van der Waals surface area contributed by atoms with Gasteiger partial charge in [-0.2, -0.15) is 0 Å². The number of hydrogen-bond donors (Lipinski definition) is 3. The zero-order valence-electron chi connectivity index (χ0n) is 16.6. The number of H-pyrrole nitrogens is 1. The summed E-state index contributed by atoms with van der Waals surface area (Å²) in [6, 6.07) is 18.5. The highest BCUT2D eigenvalue weighted by atomic mass is 16.5. The largest absolute Gasteiger partial charge is 0.496 e. The fraction of sp³-hybridized carbons (Fsp3) is 0.0417. The second kappa shape index (κ2) is 7.46. The lowest BCUT2D eigenvalue weighted by Gasteiger charge is -2.14. The number of hydrogen-bond acceptors (Lipinski definition) is 5. The number of aromatic nitrogens is 3. The molecule has 2 heterocycles. The fourth-order valence-electron chi connectivity index (χ4n) is 3.74. The van der Waals surface area contributed by atoms with Crippen molar-refractivity contribution in [2.24, 2.45) is 0 Å². The SMILES string of the molecule is COc1cc2ncnc(Nc3ccc4[nH]ccc4c3)c2cc1-c1ccccc1C(=O)O. The summed E-state index contributed by atoms with van der Waals surface area (Å²) in [6.45, 7) is 0. The number of fused-ring (bicyclic) bond motifs is 2. The van der Waals surface area contributed by atoms with Crippen molar-refractivity contribution in [1.82, 2.24) is 15.0 Å². The third kappa shape index (κ3) is 3.32. The average molecular weight is 410 g/mol. The van der Waals surface area contributed by atoms with Gasteiger partial charge in [-0.3, -0.25) is 0 Å². The minimum atomic E-state index is -1.000. The van der Waals surface area contributed by atoms with E-state index in [0.29, 0.717) is 28.2 Å². The van der Waals surface area contributed by atoms with Crippen LogP contribution in [0.2, 0.25) is 0 Å². The number of nitrogens with zero attached hydrogens (tertiary/aromatic N) is 2. The van der Waals surface area contributed by atoms with Gasteiger partial charge in [0.05, 0.1) is 18.2 Å². The normalized spacial score (nSPS) is 11.0. The highest BCUT2D eigenvalue weighted by molar-refractivity contribution is 6.01. The molecule has 152 valence electrons. The molecule has 3 N–H and O–H groups in total. The number of carboxylic acid groups (broad SMARTS) is 1. The third-order valence-corrected chi connectivity index (χ3v) is 5.22. The number of nitrogens with one attached hydrogen (secondary N) is 2. The van der Waals surface area contributed by atoms with Crippen LogP contribution < -0.4 is 10.1 Å². The van der Waals surface area contributed by atoms with E-state index in [-0.39, 0.29) is 5.56 Å². The molecule has 0 aliphatic heterocycles. The molecule has 0 bridgehead atoms. The second-order valence-electron chi connectivity index (χ2n) is 7.05. The second-order valence-corrected chi connectivity index (χ2v) is 7.05. The monoisotopic (exact) mass is 410 g/mol. The summed E-state index contributed by atoms with van der Waals surface area (Å²) in [6.07, 6.45) is 3.39. The van der Waals surface area contributed by atoms with Crippen LogP contribution >= 0.6 is 0 Å². The van der Waals surface area contributed by atoms with E-state index in [1.807, 2.05) is 36.5 Å². The summed E-state index contributed by atoms with van der Waals surface area (Å²) in [4.78, 5) is 23.8. The smallest absolute Gasteiger partial charge is 0.336 e. The lowest BCUT2D eigenvalue weighted by Crippen LogP contribution is -2.01. The quantitative estimate of drug-likeness (QED) is 0.367. The highest BCUT2D eigenvalue weighted by Crippen LogP contribution is 2.37. The van der Waals surface area contributed by atoms with Crippen LogP contribution in [0, 0.1) is 0 Å². The number of ether oxygens (including phenoxy) is 1. The topological polar surface area (TPSA) is 100 Å². The molecular weight excluding hydrogens is 392 g/mol. The van der Waals surface area contributed by atoms with Crippen molar-refractivity contribution < 1.29 is 14.6 Å². The van der Waals surface area contributed by atoms with Gasteiger partial charge in [0.1, 0.15) is 17.9 Å². The molecule has 0 amide bonds. The Labute approximate surface area is 177 Å². The van der Waals surface area contributed by atoms with Crippen molar-refractivity contribution in [2.45, 2.75) is 0 Å². The van der Waals surface area contributed by atoms with Gasteiger partial charge in [0, 0.05) is 39.8 Å². The number of benzene rings is 3. The van der Waals surface area contributed by atoms with Gasteiger partial charge < -0.3 is 20.1 Å². The van der Waals surface area contributed by atoms with Gasteiger partial charge in [-0.05, 0) is 42.0 Å².